The van der Waals surface area contributed by atoms with Crippen molar-refractivity contribution in [2.45, 2.75) is 96.4 Å². The van der Waals surface area contributed by atoms with Crippen LogP contribution in [0, 0.1) is 11.3 Å². The lowest BCUT2D eigenvalue weighted by Crippen LogP contribution is -2.36. The molecule has 12 nitrogen and oxygen atoms in total. The topological polar surface area (TPSA) is 163 Å². The first-order chi connectivity index (χ1) is 19.4. The molecule has 236 valence electrons. The molecule has 0 bridgehead atoms. The molecule has 3 unspecified atom stereocenters. The van der Waals surface area contributed by atoms with Crippen LogP contribution in [-0.4, -0.2) is 96.8 Å². The lowest BCUT2D eigenvalue weighted by atomic mass is 9.90. The number of rotatable bonds is 17. The Morgan fingerprint density at radius 3 is 2.59 bits per heavy atom. The molecule has 2 aliphatic rings. The molecule has 3 atom stereocenters. The molecule has 0 radical (unpaired) electrons. The summed E-state index contributed by atoms with van der Waals surface area (Å²) < 4.78 is 5.48. The first kappa shape index (κ1) is 36.6. The smallest absolute Gasteiger partial charge is 0.338 e. The van der Waals surface area contributed by atoms with Gasteiger partial charge in [-0.05, 0) is 45.4 Å². The van der Waals surface area contributed by atoms with Crippen LogP contribution in [0.3, 0.4) is 0 Å². The van der Waals surface area contributed by atoms with Gasteiger partial charge >= 0.3 is 12.0 Å². The summed E-state index contributed by atoms with van der Waals surface area (Å²) in [5.41, 5.74) is -0.853. The number of aliphatic hydroxyl groups is 1. The van der Waals surface area contributed by atoms with Crippen LogP contribution in [0.4, 0.5) is 4.79 Å². The Labute approximate surface area is 248 Å². The molecule has 0 aromatic rings. The van der Waals surface area contributed by atoms with Crippen LogP contribution >= 0.6 is 11.8 Å². The highest BCUT2D eigenvalue weighted by Gasteiger charge is 2.42. The molecule has 2 saturated heterocycles. The Balaban J connectivity index is 0.000000438. The quantitative estimate of drug-likeness (QED) is 0.0846. The Kier molecular flexibility index (Phi) is 17.6. The van der Waals surface area contributed by atoms with Gasteiger partial charge in [-0.3, -0.25) is 9.59 Å². The molecular formula is C28H50N4O8S. The van der Waals surface area contributed by atoms with E-state index in [-0.39, 0.29) is 49.9 Å². The normalized spacial score (nSPS) is 19.4. The predicted molar refractivity (Wildman–Crippen MR) is 157 cm³/mol. The SMILES string of the molecule is CC(C)CCOCCNC(=O)CCCCC1SCC2NC(=O)NC21.CN(OC(=O)C(C)(C)CCO)C(=O)CCC=O. The number of amides is 4. The van der Waals surface area contributed by atoms with E-state index in [4.69, 9.17) is 14.7 Å². The summed E-state index contributed by atoms with van der Waals surface area (Å²) >= 11 is 1.92. The summed E-state index contributed by atoms with van der Waals surface area (Å²) in [7, 11) is 1.32. The fourth-order valence-corrected chi connectivity index (χ4v) is 5.61. The number of thioether (sulfide) groups is 1. The number of unbranched alkanes of at least 4 members (excludes halogenated alkanes) is 1. The maximum Gasteiger partial charge on any atom is 0.338 e. The van der Waals surface area contributed by atoms with Crippen molar-refractivity contribution in [1.82, 2.24) is 21.0 Å². The molecule has 0 saturated carbocycles. The average Bonchev–Trinajstić information content (AvgIpc) is 3.46. The van der Waals surface area contributed by atoms with Gasteiger partial charge in [0.15, 0.2) is 0 Å². The van der Waals surface area contributed by atoms with Gasteiger partial charge in [0.05, 0.1) is 24.1 Å². The molecule has 13 heteroatoms. The third kappa shape index (κ3) is 14.9. The minimum atomic E-state index is -0.853. The molecule has 41 heavy (non-hydrogen) atoms. The second-order valence-electron chi connectivity index (χ2n) is 11.3. The van der Waals surface area contributed by atoms with Crippen LogP contribution in [0.25, 0.3) is 0 Å². The maximum atomic E-state index is 11.8. The van der Waals surface area contributed by atoms with Crippen LogP contribution in [0.2, 0.25) is 0 Å². The van der Waals surface area contributed by atoms with Crippen molar-refractivity contribution in [3.63, 3.8) is 0 Å². The van der Waals surface area contributed by atoms with Crippen LogP contribution < -0.4 is 16.0 Å². The van der Waals surface area contributed by atoms with Gasteiger partial charge in [-0.1, -0.05) is 20.3 Å². The van der Waals surface area contributed by atoms with E-state index in [1.807, 2.05) is 11.8 Å². The fourth-order valence-electron chi connectivity index (χ4n) is 4.07. The third-order valence-corrected chi connectivity index (χ3v) is 8.33. The monoisotopic (exact) mass is 602 g/mol. The number of hydrogen-bond donors (Lipinski definition) is 4. The first-order valence-corrected chi connectivity index (χ1v) is 15.5. The minimum absolute atomic E-state index is 0.00765. The molecule has 4 N–H and O–H groups in total. The molecule has 2 rings (SSSR count). The van der Waals surface area contributed by atoms with Crippen molar-refractivity contribution in [2.75, 3.05) is 39.2 Å². The van der Waals surface area contributed by atoms with Gasteiger partial charge in [0.1, 0.15) is 6.29 Å². The van der Waals surface area contributed by atoms with Crippen molar-refractivity contribution in [3.8, 4) is 0 Å². The van der Waals surface area contributed by atoms with Gasteiger partial charge in [0, 0.05) is 57.1 Å². The van der Waals surface area contributed by atoms with Crippen molar-refractivity contribution in [3.05, 3.63) is 0 Å². The number of nitrogens with one attached hydrogen (secondary N) is 3. The average molecular weight is 603 g/mol. The number of aliphatic hydroxyl groups excluding tert-OH is 1. The zero-order valence-corrected chi connectivity index (χ0v) is 26.1. The second kappa shape index (κ2) is 19.7. The maximum absolute atomic E-state index is 11.8. The summed E-state index contributed by atoms with van der Waals surface area (Å²) in [6.45, 7) is 9.40. The largest absolute Gasteiger partial charge is 0.396 e. The van der Waals surface area contributed by atoms with E-state index in [1.165, 1.54) is 7.05 Å². The zero-order valence-electron chi connectivity index (χ0n) is 25.2. The molecule has 2 fully saturated rings. The van der Waals surface area contributed by atoms with Crippen molar-refractivity contribution < 1.29 is 38.7 Å². The Bertz CT molecular complexity index is 842. The number of carbonyl (C=O) groups excluding carboxylic acids is 5. The van der Waals surface area contributed by atoms with Gasteiger partial charge < -0.3 is 35.4 Å². The molecule has 0 aliphatic carbocycles. The van der Waals surface area contributed by atoms with Gasteiger partial charge in [-0.25, -0.2) is 9.59 Å². The van der Waals surface area contributed by atoms with Crippen molar-refractivity contribution in [1.29, 1.82) is 0 Å². The fraction of sp³-hybridized carbons (Fsp3) is 0.821. The standard InChI is InChI=1S/C17H31N3O3S.C11H19NO5/c1-12(2)7-9-23-10-8-18-15(21)6-4-3-5-14-16-13(11-24-14)19-17(22)20-16;1-11(2,6-8-14)10(16)17-12(3)9(15)5-4-7-13/h12-14,16H,3-11H2,1-2H3,(H,18,21)(H2,19,20,22);7,14H,4-6,8H2,1-3H3. The minimum Gasteiger partial charge on any atom is -0.396 e. The third-order valence-electron chi connectivity index (χ3n) is 6.83. The number of fused-ring (bicyclic) bond motifs is 1. The van der Waals surface area contributed by atoms with Gasteiger partial charge in [0.2, 0.25) is 5.91 Å². The Hall–Kier alpha value is -2.38. The van der Waals surface area contributed by atoms with E-state index in [2.05, 4.69) is 29.8 Å². The number of nitrogens with zero attached hydrogens (tertiary/aromatic N) is 1. The Morgan fingerprint density at radius 2 is 1.93 bits per heavy atom. The van der Waals surface area contributed by atoms with Crippen molar-refractivity contribution >= 4 is 41.9 Å². The first-order valence-electron chi connectivity index (χ1n) is 14.5. The Morgan fingerprint density at radius 1 is 1.20 bits per heavy atom. The molecule has 0 aromatic carbocycles. The zero-order chi connectivity index (χ0) is 30.8. The number of hydroxylamine groups is 2. The number of carbonyl (C=O) groups is 5. The molecule has 0 spiro atoms. The molecule has 4 amide bonds. The van der Waals surface area contributed by atoms with E-state index in [0.29, 0.717) is 37.0 Å². The lowest BCUT2D eigenvalue weighted by molar-refractivity contribution is -0.201. The van der Waals surface area contributed by atoms with Gasteiger partial charge in [-0.2, -0.15) is 16.8 Å². The highest BCUT2D eigenvalue weighted by molar-refractivity contribution is 8.00. The summed E-state index contributed by atoms with van der Waals surface area (Å²) in [5, 5.41) is 18.9. The summed E-state index contributed by atoms with van der Waals surface area (Å²) in [5.74, 6) is 0.723. The summed E-state index contributed by atoms with van der Waals surface area (Å²) in [6, 6.07) is 0.510. The van der Waals surface area contributed by atoms with Crippen LogP contribution in [0.15, 0.2) is 0 Å². The lowest BCUT2D eigenvalue weighted by Gasteiger charge is -2.24. The number of ether oxygens (including phenoxy) is 1. The van der Waals surface area contributed by atoms with E-state index < -0.39 is 17.3 Å². The number of aldehydes is 1. The van der Waals surface area contributed by atoms with E-state index >= 15 is 0 Å². The summed E-state index contributed by atoms with van der Waals surface area (Å²) in [4.78, 5) is 61.0. The van der Waals surface area contributed by atoms with Crippen LogP contribution in [0.5, 0.6) is 0 Å². The molecule has 2 heterocycles. The molecular weight excluding hydrogens is 552 g/mol. The highest BCUT2D eigenvalue weighted by Crippen LogP contribution is 2.33. The second-order valence-corrected chi connectivity index (χ2v) is 12.6. The van der Waals surface area contributed by atoms with Crippen LogP contribution in [-0.2, 0) is 28.8 Å². The summed E-state index contributed by atoms with van der Waals surface area (Å²) in [6.07, 6.45) is 5.59. The molecule has 2 aliphatic heterocycles. The number of hydrogen-bond acceptors (Lipinski definition) is 9. The predicted octanol–water partition coefficient (Wildman–Crippen LogP) is 2.18. The highest BCUT2D eigenvalue weighted by atomic mass is 32.2. The van der Waals surface area contributed by atoms with Crippen molar-refractivity contribution in [2.24, 2.45) is 11.3 Å². The number of urea groups is 1. The van der Waals surface area contributed by atoms with E-state index in [9.17, 15) is 24.0 Å². The van der Waals surface area contributed by atoms with E-state index in [1.54, 1.807) is 13.8 Å². The molecule has 0 aromatic heterocycles. The van der Waals surface area contributed by atoms with Crippen LogP contribution in [0.1, 0.15) is 79.1 Å². The van der Waals surface area contributed by atoms with Gasteiger partial charge in [0.25, 0.3) is 5.91 Å². The van der Waals surface area contributed by atoms with E-state index in [0.717, 1.165) is 43.1 Å². The van der Waals surface area contributed by atoms with Gasteiger partial charge in [-0.15, -0.1) is 0 Å².